The van der Waals surface area contributed by atoms with E-state index < -0.39 is 17.3 Å². The lowest BCUT2D eigenvalue weighted by Gasteiger charge is -2.58. The van der Waals surface area contributed by atoms with Crippen molar-refractivity contribution in [3.63, 3.8) is 0 Å². The summed E-state index contributed by atoms with van der Waals surface area (Å²) in [6.07, 6.45) is -4.45. The molecule has 27 heavy (non-hydrogen) atoms. The van der Waals surface area contributed by atoms with Gasteiger partial charge in [-0.25, -0.2) is 0 Å². The van der Waals surface area contributed by atoms with Gasteiger partial charge in [-0.2, -0.15) is 0 Å². The lowest BCUT2D eigenvalue weighted by Crippen LogP contribution is -2.75. The fourth-order valence-corrected chi connectivity index (χ4v) is 3.33. The molecule has 2 rings (SSSR count). The van der Waals surface area contributed by atoms with Gasteiger partial charge in [0.2, 0.25) is 5.91 Å². The van der Waals surface area contributed by atoms with Gasteiger partial charge < -0.3 is 20.1 Å². The van der Waals surface area contributed by atoms with Crippen LogP contribution in [0.25, 0.3) is 0 Å². The summed E-state index contributed by atoms with van der Waals surface area (Å²) in [4.78, 5) is 14.3. The number of hydrogen-bond donors (Lipinski definition) is 1. The molecule has 0 saturated heterocycles. The van der Waals surface area contributed by atoms with Crippen LogP contribution in [-0.2, 0) is 16.1 Å². The van der Waals surface area contributed by atoms with Crippen LogP contribution in [0.2, 0.25) is 0 Å². The highest BCUT2D eigenvalue weighted by Crippen LogP contribution is 2.50. The zero-order valence-corrected chi connectivity index (χ0v) is 16.6. The van der Waals surface area contributed by atoms with E-state index >= 15 is 0 Å². The van der Waals surface area contributed by atoms with Crippen LogP contribution in [0.4, 0.5) is 13.2 Å². The summed E-state index contributed by atoms with van der Waals surface area (Å²) in [6.45, 7) is 6.33. The maximum atomic E-state index is 12.9. The molecule has 0 spiro atoms. The van der Waals surface area contributed by atoms with Crippen LogP contribution >= 0.6 is 12.4 Å². The predicted octanol–water partition coefficient (Wildman–Crippen LogP) is 3.50. The number of likely N-dealkylation sites (N-methyl/N-ethyl adjacent to an activating group) is 1. The molecule has 0 heterocycles. The SMILES string of the molecule is CCOC1CC(N)(C(=O)N(C)Cc2cccc(OC(F)(F)F)c2)C1(C)C.Cl. The Labute approximate surface area is 163 Å². The highest BCUT2D eigenvalue weighted by Gasteiger charge is 2.63. The van der Waals surface area contributed by atoms with Crippen molar-refractivity contribution in [1.82, 2.24) is 4.90 Å². The molecule has 2 atom stereocenters. The molecule has 154 valence electrons. The number of nitrogens with two attached hydrogens (primary N) is 1. The van der Waals surface area contributed by atoms with E-state index in [1.807, 2.05) is 20.8 Å². The summed E-state index contributed by atoms with van der Waals surface area (Å²) in [5.74, 6) is -0.584. The van der Waals surface area contributed by atoms with Crippen LogP contribution in [0.15, 0.2) is 24.3 Å². The van der Waals surface area contributed by atoms with Crippen molar-refractivity contribution in [2.24, 2.45) is 11.1 Å². The van der Waals surface area contributed by atoms with Crippen LogP contribution in [0, 0.1) is 5.41 Å². The Kier molecular flexibility index (Phi) is 7.18. The smallest absolute Gasteiger partial charge is 0.406 e. The van der Waals surface area contributed by atoms with Crippen molar-refractivity contribution < 1.29 is 27.4 Å². The Bertz CT molecular complexity index is 669. The molecule has 1 aromatic carbocycles. The van der Waals surface area contributed by atoms with Gasteiger partial charge in [0.25, 0.3) is 0 Å². The maximum absolute atomic E-state index is 12.9. The van der Waals surface area contributed by atoms with Crippen LogP contribution in [-0.4, -0.2) is 42.5 Å². The fourth-order valence-electron chi connectivity index (χ4n) is 3.33. The number of alkyl halides is 3. The van der Waals surface area contributed by atoms with Gasteiger partial charge in [0.1, 0.15) is 11.3 Å². The van der Waals surface area contributed by atoms with Crippen LogP contribution < -0.4 is 10.5 Å². The highest BCUT2D eigenvalue weighted by molar-refractivity contribution is 5.88. The fraction of sp³-hybridized carbons (Fsp3) is 0.611. The van der Waals surface area contributed by atoms with Gasteiger partial charge in [-0.15, -0.1) is 25.6 Å². The third kappa shape index (κ3) is 4.86. The summed E-state index contributed by atoms with van der Waals surface area (Å²) in [7, 11) is 1.58. The minimum absolute atomic E-state index is 0. The second kappa shape index (κ2) is 8.24. The zero-order valence-electron chi connectivity index (χ0n) is 15.8. The first-order chi connectivity index (χ1) is 11.9. The number of carbonyl (C=O) groups excluding carboxylic acids is 1. The molecule has 1 fully saturated rings. The van der Waals surface area contributed by atoms with Gasteiger partial charge in [-0.3, -0.25) is 4.79 Å². The van der Waals surface area contributed by atoms with E-state index in [9.17, 15) is 18.0 Å². The van der Waals surface area contributed by atoms with Crippen molar-refractivity contribution in [3.8, 4) is 5.75 Å². The second-order valence-corrected chi connectivity index (χ2v) is 7.20. The van der Waals surface area contributed by atoms with Crippen molar-refractivity contribution in [2.45, 2.75) is 51.7 Å². The van der Waals surface area contributed by atoms with Crippen molar-refractivity contribution in [1.29, 1.82) is 0 Å². The molecule has 2 N–H and O–H groups in total. The number of amides is 1. The molecule has 1 aromatic rings. The van der Waals surface area contributed by atoms with Crippen LogP contribution in [0.3, 0.4) is 0 Å². The van der Waals surface area contributed by atoms with Gasteiger partial charge in [0.15, 0.2) is 0 Å². The molecule has 2 unspecified atom stereocenters. The normalized spacial score (nSPS) is 23.8. The van der Waals surface area contributed by atoms with Crippen molar-refractivity contribution >= 4 is 18.3 Å². The average Bonchev–Trinajstić information content (AvgIpc) is 2.52. The molecule has 1 aliphatic rings. The van der Waals surface area contributed by atoms with Gasteiger partial charge in [0, 0.05) is 32.0 Å². The summed E-state index contributed by atoms with van der Waals surface area (Å²) in [6, 6.07) is 5.55. The first-order valence-corrected chi connectivity index (χ1v) is 8.41. The Balaban J connectivity index is 0.00000364. The molecular weight excluding hydrogens is 385 g/mol. The Morgan fingerprint density at radius 3 is 2.52 bits per heavy atom. The number of ether oxygens (including phenoxy) is 2. The second-order valence-electron chi connectivity index (χ2n) is 7.20. The first-order valence-electron chi connectivity index (χ1n) is 8.41. The van der Waals surface area contributed by atoms with E-state index in [0.717, 1.165) is 0 Å². The molecule has 1 amide bonds. The molecule has 5 nitrogen and oxygen atoms in total. The van der Waals surface area contributed by atoms with E-state index in [1.165, 1.54) is 23.1 Å². The minimum Gasteiger partial charge on any atom is -0.406 e. The Morgan fingerprint density at radius 1 is 1.37 bits per heavy atom. The Hall–Kier alpha value is -1.51. The number of benzene rings is 1. The topological polar surface area (TPSA) is 64.8 Å². The molecule has 9 heteroatoms. The number of carbonyl (C=O) groups is 1. The third-order valence-electron chi connectivity index (χ3n) is 5.11. The molecule has 1 saturated carbocycles. The number of halogens is 4. The van der Waals surface area contributed by atoms with Crippen LogP contribution in [0.1, 0.15) is 32.8 Å². The standard InChI is InChI=1S/C18H25F3N2O3.ClH/c1-5-25-14-10-17(22,16(14,2)3)15(24)23(4)11-12-7-6-8-13(9-12)26-18(19,20)21;/h6-9,14H,5,10-11,22H2,1-4H3;1H. The molecular formula is C18H26ClF3N2O3. The molecule has 1 aliphatic carbocycles. The number of nitrogens with zero attached hydrogens (tertiary/aromatic N) is 1. The Morgan fingerprint density at radius 2 is 2.00 bits per heavy atom. The van der Waals surface area contributed by atoms with E-state index in [4.69, 9.17) is 10.5 Å². The van der Waals surface area contributed by atoms with Gasteiger partial charge >= 0.3 is 6.36 Å². The lowest BCUT2D eigenvalue weighted by molar-refractivity contribution is -0.274. The van der Waals surface area contributed by atoms with E-state index in [0.29, 0.717) is 18.6 Å². The van der Waals surface area contributed by atoms with Gasteiger partial charge in [0.05, 0.1) is 6.10 Å². The summed E-state index contributed by atoms with van der Waals surface area (Å²) < 4.78 is 46.6. The van der Waals surface area contributed by atoms with Crippen molar-refractivity contribution in [2.75, 3.05) is 13.7 Å². The molecule has 0 aromatic heterocycles. The largest absolute Gasteiger partial charge is 0.573 e. The van der Waals surface area contributed by atoms with Crippen LogP contribution in [0.5, 0.6) is 5.75 Å². The lowest BCUT2D eigenvalue weighted by atomic mass is 9.54. The zero-order chi connectivity index (χ0) is 19.8. The average molecular weight is 411 g/mol. The summed E-state index contributed by atoms with van der Waals surface area (Å²) in [5, 5.41) is 0. The molecule has 0 bridgehead atoms. The molecule has 0 aliphatic heterocycles. The summed E-state index contributed by atoms with van der Waals surface area (Å²) in [5.41, 5.74) is 5.29. The third-order valence-corrected chi connectivity index (χ3v) is 5.11. The summed E-state index contributed by atoms with van der Waals surface area (Å²) >= 11 is 0. The monoisotopic (exact) mass is 410 g/mol. The van der Waals surface area contributed by atoms with Crippen molar-refractivity contribution in [3.05, 3.63) is 29.8 Å². The van der Waals surface area contributed by atoms with E-state index in [1.54, 1.807) is 13.1 Å². The first kappa shape index (κ1) is 23.5. The quantitative estimate of drug-likeness (QED) is 0.779. The number of rotatable bonds is 6. The predicted molar refractivity (Wildman–Crippen MR) is 97.6 cm³/mol. The van der Waals surface area contributed by atoms with Gasteiger partial charge in [-0.05, 0) is 24.6 Å². The molecule has 0 radical (unpaired) electrons. The maximum Gasteiger partial charge on any atom is 0.573 e. The van der Waals surface area contributed by atoms with Gasteiger partial charge in [-0.1, -0.05) is 26.0 Å². The van der Waals surface area contributed by atoms with E-state index in [2.05, 4.69) is 4.74 Å². The highest BCUT2D eigenvalue weighted by atomic mass is 35.5. The van der Waals surface area contributed by atoms with E-state index in [-0.39, 0.29) is 36.7 Å². The number of hydrogen-bond acceptors (Lipinski definition) is 4. The minimum atomic E-state index is -4.76.